The minimum Gasteiger partial charge on any atom is -0.490 e. The normalized spacial score (nSPS) is 15.5. The Morgan fingerprint density at radius 2 is 1.92 bits per heavy atom. The van der Waals surface area contributed by atoms with Gasteiger partial charge in [-0.25, -0.2) is 14.2 Å². The molecule has 37 heavy (non-hydrogen) atoms. The van der Waals surface area contributed by atoms with Gasteiger partial charge in [0, 0.05) is 7.05 Å². The highest BCUT2D eigenvalue weighted by molar-refractivity contribution is 14.1. The summed E-state index contributed by atoms with van der Waals surface area (Å²) < 4.78 is 26.1. The number of hydrogen-bond acceptors (Lipinski definition) is 6. The summed E-state index contributed by atoms with van der Waals surface area (Å²) in [5.74, 6) is -0.479. The van der Waals surface area contributed by atoms with E-state index < -0.39 is 5.97 Å². The van der Waals surface area contributed by atoms with E-state index in [0.717, 1.165) is 9.13 Å². The van der Waals surface area contributed by atoms with Crippen LogP contribution in [0.1, 0.15) is 28.4 Å². The number of aliphatic imine (C=N–C) groups is 1. The van der Waals surface area contributed by atoms with Crippen LogP contribution < -0.4 is 9.47 Å². The molecule has 4 rings (SSSR count). The van der Waals surface area contributed by atoms with Gasteiger partial charge in [0.15, 0.2) is 16.7 Å². The molecule has 1 saturated heterocycles. The third-order valence-electron chi connectivity index (χ3n) is 5.24. The number of ether oxygens (including phenoxy) is 2. The fraction of sp³-hybridized carbons (Fsp3) is 0.148. The van der Waals surface area contributed by atoms with Crippen LogP contribution in [0.25, 0.3) is 6.08 Å². The standard InChI is InChI=1S/C27H22FIN2O5S/c1-3-35-22-13-17(12-21(29)24(22)36-15-16-5-4-6-19(28)11-16)14-23-25(32)31(2)27(37-23)30-20-9-7-18(8-10-20)26(33)34/h4-14H,3,15H2,1-2H3,(H,33,34)/b23-14-,30-27?. The minimum atomic E-state index is -1.02. The molecule has 190 valence electrons. The van der Waals surface area contributed by atoms with Crippen molar-refractivity contribution in [1.29, 1.82) is 0 Å². The summed E-state index contributed by atoms with van der Waals surface area (Å²) in [6.45, 7) is 2.46. The van der Waals surface area contributed by atoms with E-state index in [1.807, 2.05) is 13.0 Å². The van der Waals surface area contributed by atoms with Crippen LogP contribution in [0.3, 0.4) is 0 Å². The van der Waals surface area contributed by atoms with Crippen LogP contribution in [-0.2, 0) is 11.4 Å². The van der Waals surface area contributed by atoms with E-state index in [9.17, 15) is 14.0 Å². The maximum Gasteiger partial charge on any atom is 0.335 e. The van der Waals surface area contributed by atoms with Crippen molar-refractivity contribution in [2.75, 3.05) is 13.7 Å². The lowest BCUT2D eigenvalue weighted by Gasteiger charge is -2.15. The van der Waals surface area contributed by atoms with Gasteiger partial charge in [0.1, 0.15) is 12.4 Å². The Hall–Kier alpha value is -3.38. The number of hydrogen-bond donors (Lipinski definition) is 1. The number of carbonyl (C=O) groups excluding carboxylic acids is 1. The number of rotatable bonds is 8. The quantitative estimate of drug-likeness (QED) is 0.231. The van der Waals surface area contributed by atoms with E-state index in [0.29, 0.717) is 39.4 Å². The molecule has 0 atom stereocenters. The van der Waals surface area contributed by atoms with E-state index in [1.165, 1.54) is 40.9 Å². The summed E-state index contributed by atoms with van der Waals surface area (Å²) in [6.07, 6.45) is 1.76. The third-order valence-corrected chi connectivity index (χ3v) is 7.11. The van der Waals surface area contributed by atoms with Crippen LogP contribution in [0, 0.1) is 9.39 Å². The van der Waals surface area contributed by atoms with Crippen LogP contribution in [0.15, 0.2) is 70.6 Å². The highest BCUT2D eigenvalue weighted by Gasteiger charge is 2.30. The third kappa shape index (κ3) is 6.50. The largest absolute Gasteiger partial charge is 0.490 e. The molecule has 1 fully saturated rings. The van der Waals surface area contributed by atoms with Crippen molar-refractivity contribution in [3.8, 4) is 11.5 Å². The molecule has 1 aliphatic heterocycles. The van der Waals surface area contributed by atoms with Gasteiger partial charge in [-0.15, -0.1) is 0 Å². The molecule has 0 saturated carbocycles. The van der Waals surface area contributed by atoms with Gasteiger partial charge in [0.25, 0.3) is 5.91 Å². The van der Waals surface area contributed by atoms with E-state index in [4.69, 9.17) is 14.6 Å². The molecular weight excluding hydrogens is 610 g/mol. The van der Waals surface area contributed by atoms with Crippen LogP contribution in [-0.4, -0.2) is 40.7 Å². The SMILES string of the molecule is CCOc1cc(/C=C2\SC(=Nc3ccc(C(=O)O)cc3)N(C)C2=O)cc(I)c1OCc1cccc(F)c1. The predicted molar refractivity (Wildman–Crippen MR) is 150 cm³/mol. The van der Waals surface area contributed by atoms with Crippen LogP contribution in [0.2, 0.25) is 0 Å². The number of amides is 1. The summed E-state index contributed by atoms with van der Waals surface area (Å²) in [4.78, 5) is 30.4. The molecule has 0 radical (unpaired) electrons. The van der Waals surface area contributed by atoms with E-state index in [1.54, 1.807) is 43.5 Å². The van der Waals surface area contributed by atoms with Gasteiger partial charge < -0.3 is 14.6 Å². The molecule has 0 aromatic heterocycles. The van der Waals surface area contributed by atoms with Gasteiger partial charge in [-0.2, -0.15) is 0 Å². The second-order valence-corrected chi connectivity index (χ2v) is 10.1. The first kappa shape index (κ1) is 26.7. The number of nitrogens with zero attached hydrogens (tertiary/aromatic N) is 2. The number of amidine groups is 1. The van der Waals surface area contributed by atoms with E-state index in [-0.39, 0.29) is 23.9 Å². The number of aromatic carboxylic acids is 1. The van der Waals surface area contributed by atoms with Crippen LogP contribution in [0.5, 0.6) is 11.5 Å². The van der Waals surface area contributed by atoms with Gasteiger partial charge in [0.05, 0.1) is 26.3 Å². The average molecular weight is 632 g/mol. The van der Waals surface area contributed by atoms with Crippen molar-refractivity contribution in [2.45, 2.75) is 13.5 Å². The molecule has 1 amide bonds. The van der Waals surface area contributed by atoms with Crippen molar-refractivity contribution < 1.29 is 28.6 Å². The fourth-order valence-corrected chi connectivity index (χ4v) is 5.22. The molecule has 3 aromatic carbocycles. The maximum absolute atomic E-state index is 13.5. The smallest absolute Gasteiger partial charge is 0.335 e. The Kier molecular flexibility index (Phi) is 8.49. The molecule has 0 spiro atoms. The number of benzene rings is 3. The first-order valence-corrected chi connectivity index (χ1v) is 13.1. The molecule has 1 heterocycles. The highest BCUT2D eigenvalue weighted by Crippen LogP contribution is 2.38. The lowest BCUT2D eigenvalue weighted by atomic mass is 10.1. The molecule has 1 N–H and O–H groups in total. The van der Waals surface area contributed by atoms with Gasteiger partial charge in [-0.3, -0.25) is 9.69 Å². The summed E-state index contributed by atoms with van der Waals surface area (Å²) in [7, 11) is 1.64. The molecule has 0 unspecified atom stereocenters. The highest BCUT2D eigenvalue weighted by atomic mass is 127. The summed E-state index contributed by atoms with van der Waals surface area (Å²) >= 11 is 3.37. The molecule has 7 nitrogen and oxygen atoms in total. The van der Waals surface area contributed by atoms with Crippen LogP contribution >= 0.6 is 34.4 Å². The topological polar surface area (TPSA) is 88.4 Å². The van der Waals surface area contributed by atoms with Crippen molar-refractivity contribution in [3.05, 3.63) is 91.6 Å². The number of likely N-dealkylation sites (N-methyl/N-ethyl adjacent to an activating group) is 1. The number of carboxylic acids is 1. The van der Waals surface area contributed by atoms with Gasteiger partial charge in [-0.1, -0.05) is 12.1 Å². The molecule has 10 heteroatoms. The first-order chi connectivity index (χ1) is 17.7. The predicted octanol–water partition coefficient (Wildman–Crippen LogP) is 6.34. The molecule has 1 aliphatic rings. The number of carboxylic acid groups (broad SMARTS) is 1. The Morgan fingerprint density at radius 3 is 2.59 bits per heavy atom. The first-order valence-electron chi connectivity index (χ1n) is 11.2. The van der Waals surface area contributed by atoms with E-state index in [2.05, 4.69) is 27.6 Å². The van der Waals surface area contributed by atoms with Crippen molar-refractivity contribution in [2.24, 2.45) is 4.99 Å². The van der Waals surface area contributed by atoms with Gasteiger partial charge in [0.2, 0.25) is 0 Å². The monoisotopic (exact) mass is 632 g/mol. The molecule has 0 bridgehead atoms. The summed E-state index contributed by atoms with van der Waals surface area (Å²) in [5.41, 5.74) is 2.16. The average Bonchev–Trinajstić information content (AvgIpc) is 3.11. The summed E-state index contributed by atoms with van der Waals surface area (Å²) in [5, 5.41) is 9.54. The number of carbonyl (C=O) groups is 2. The fourth-order valence-electron chi connectivity index (χ4n) is 3.45. The maximum atomic E-state index is 13.5. The zero-order chi connectivity index (χ0) is 26.5. The minimum absolute atomic E-state index is 0.163. The lowest BCUT2D eigenvalue weighted by Crippen LogP contribution is -2.23. The zero-order valence-electron chi connectivity index (χ0n) is 19.9. The number of halogens is 2. The Morgan fingerprint density at radius 1 is 1.16 bits per heavy atom. The van der Waals surface area contributed by atoms with E-state index >= 15 is 0 Å². The zero-order valence-corrected chi connectivity index (χ0v) is 22.9. The molecular formula is C27H22FIN2O5S. The lowest BCUT2D eigenvalue weighted by molar-refractivity contribution is -0.121. The molecule has 0 aliphatic carbocycles. The van der Waals surface area contributed by atoms with Gasteiger partial charge in [-0.05, 0) is 107 Å². The van der Waals surface area contributed by atoms with Crippen molar-refractivity contribution >= 4 is 63.2 Å². The second kappa shape index (κ2) is 11.8. The Bertz CT molecular complexity index is 1410. The Balaban J connectivity index is 1.57. The molecule has 3 aromatic rings. The Labute approximate surface area is 231 Å². The van der Waals surface area contributed by atoms with Crippen molar-refractivity contribution in [1.82, 2.24) is 4.90 Å². The second-order valence-electron chi connectivity index (χ2n) is 7.90. The summed E-state index contributed by atoms with van der Waals surface area (Å²) in [6, 6.07) is 16.0. The van der Waals surface area contributed by atoms with Crippen molar-refractivity contribution in [3.63, 3.8) is 0 Å². The van der Waals surface area contributed by atoms with Crippen LogP contribution in [0.4, 0.5) is 10.1 Å². The van der Waals surface area contributed by atoms with Gasteiger partial charge >= 0.3 is 5.97 Å². The number of thioether (sulfide) groups is 1.